The second-order valence-corrected chi connectivity index (χ2v) is 29.0. The molecule has 0 aliphatic heterocycles. The summed E-state index contributed by atoms with van der Waals surface area (Å²) in [5.74, 6) is 0.152. The summed E-state index contributed by atoms with van der Waals surface area (Å²) in [6.45, 7) is 11.8. The van der Waals surface area contributed by atoms with Gasteiger partial charge in [0.15, 0.2) is 12.2 Å². The molecule has 0 heterocycles. The van der Waals surface area contributed by atoms with Gasteiger partial charge in [-0.1, -0.05) is 292 Å². The Kier molecular flexibility index (Phi) is 58.7. The number of esters is 4. The van der Waals surface area contributed by atoms with Gasteiger partial charge in [0.1, 0.15) is 19.3 Å². The Balaban J connectivity index is 5.24. The standard InChI is InChI=1S/C69H134O17P2/c1-8-10-11-12-13-20-29-36-43-50-66(71)79-57-65(86-69(74)53-46-39-32-25-27-34-41-48-61(5)6)59-84-88(77,78)82-55-63(70)54-81-87(75,76)83-58-64(56-80-67(72)51-44-37-30-23-19-18-22-28-35-42-49-62(7)9-2)85-68(73)52-45-38-31-24-17-15-14-16-21-26-33-40-47-60(3)4/h60-65,70H,8-59H2,1-7H3,(H,75,76)(H,77,78)/t62?,63-,64-,65-/m1/s1. The summed E-state index contributed by atoms with van der Waals surface area (Å²) in [6, 6.07) is 0. The molecule has 0 aromatic heterocycles. The number of aliphatic hydroxyl groups is 1. The highest BCUT2D eigenvalue weighted by Gasteiger charge is 2.30. The molecule has 0 amide bonds. The van der Waals surface area contributed by atoms with E-state index in [0.717, 1.165) is 102 Å². The molecule has 6 atom stereocenters. The molecule has 3 N–H and O–H groups in total. The largest absolute Gasteiger partial charge is 0.472 e. The Labute approximate surface area is 537 Å². The minimum absolute atomic E-state index is 0.103. The van der Waals surface area contributed by atoms with Crippen LogP contribution in [0.1, 0.15) is 344 Å². The van der Waals surface area contributed by atoms with Crippen LogP contribution < -0.4 is 0 Å². The lowest BCUT2D eigenvalue weighted by molar-refractivity contribution is -0.161. The van der Waals surface area contributed by atoms with Gasteiger partial charge in [0, 0.05) is 25.7 Å². The van der Waals surface area contributed by atoms with Gasteiger partial charge in [-0.25, -0.2) is 9.13 Å². The van der Waals surface area contributed by atoms with Crippen molar-refractivity contribution in [3.8, 4) is 0 Å². The number of rotatable bonds is 67. The average Bonchev–Trinajstić information content (AvgIpc) is 3.70. The molecule has 0 radical (unpaired) electrons. The van der Waals surface area contributed by atoms with E-state index in [1.807, 2.05) is 0 Å². The lowest BCUT2D eigenvalue weighted by Crippen LogP contribution is -2.30. The lowest BCUT2D eigenvalue weighted by Gasteiger charge is -2.21. The minimum Gasteiger partial charge on any atom is -0.462 e. The zero-order chi connectivity index (χ0) is 65.2. The van der Waals surface area contributed by atoms with Crippen LogP contribution in [0.15, 0.2) is 0 Å². The molecule has 0 bridgehead atoms. The van der Waals surface area contributed by atoms with E-state index in [1.165, 1.54) is 154 Å². The highest BCUT2D eigenvalue weighted by molar-refractivity contribution is 7.47. The predicted molar refractivity (Wildman–Crippen MR) is 354 cm³/mol. The number of hydrogen-bond acceptors (Lipinski definition) is 15. The van der Waals surface area contributed by atoms with Crippen molar-refractivity contribution in [1.82, 2.24) is 0 Å². The molecule has 0 rings (SSSR count). The van der Waals surface area contributed by atoms with E-state index in [9.17, 15) is 43.2 Å². The van der Waals surface area contributed by atoms with Crippen molar-refractivity contribution in [2.75, 3.05) is 39.6 Å². The highest BCUT2D eigenvalue weighted by Crippen LogP contribution is 2.45. The summed E-state index contributed by atoms with van der Waals surface area (Å²) in [4.78, 5) is 72.4. The molecule has 0 saturated carbocycles. The fraction of sp³-hybridized carbons (Fsp3) is 0.942. The van der Waals surface area contributed by atoms with Crippen LogP contribution >= 0.6 is 15.6 Å². The number of ether oxygens (including phenoxy) is 4. The third-order valence-corrected chi connectivity index (χ3v) is 18.1. The number of carbonyl (C=O) groups is 4. The van der Waals surface area contributed by atoms with E-state index in [1.54, 1.807) is 0 Å². The van der Waals surface area contributed by atoms with Gasteiger partial charge in [-0.05, 0) is 43.4 Å². The van der Waals surface area contributed by atoms with Crippen LogP contribution in [0, 0.1) is 17.8 Å². The van der Waals surface area contributed by atoms with Gasteiger partial charge in [0.05, 0.1) is 26.4 Å². The van der Waals surface area contributed by atoms with Crippen LogP contribution in [0.3, 0.4) is 0 Å². The molecule has 0 aliphatic rings. The second kappa shape index (κ2) is 60.0. The van der Waals surface area contributed by atoms with Crippen molar-refractivity contribution in [2.24, 2.45) is 17.8 Å². The maximum atomic E-state index is 13.0. The van der Waals surface area contributed by atoms with E-state index in [2.05, 4.69) is 48.5 Å². The summed E-state index contributed by atoms with van der Waals surface area (Å²) in [6.07, 6.45) is 43.0. The van der Waals surface area contributed by atoms with Crippen molar-refractivity contribution in [3.63, 3.8) is 0 Å². The Morgan fingerprint density at radius 2 is 0.580 bits per heavy atom. The van der Waals surface area contributed by atoms with Crippen molar-refractivity contribution in [3.05, 3.63) is 0 Å². The van der Waals surface area contributed by atoms with Crippen molar-refractivity contribution in [1.29, 1.82) is 0 Å². The molecule has 19 heteroatoms. The van der Waals surface area contributed by atoms with Crippen molar-refractivity contribution in [2.45, 2.75) is 362 Å². The molecule has 0 saturated heterocycles. The number of phosphoric acid groups is 2. The molecule has 0 aliphatic carbocycles. The zero-order valence-electron chi connectivity index (χ0n) is 57.2. The first-order chi connectivity index (χ1) is 42.3. The van der Waals surface area contributed by atoms with Crippen LogP contribution in [0.5, 0.6) is 0 Å². The number of phosphoric ester groups is 2. The van der Waals surface area contributed by atoms with Gasteiger partial charge in [0.2, 0.25) is 0 Å². The van der Waals surface area contributed by atoms with Crippen LogP contribution in [0.2, 0.25) is 0 Å². The summed E-state index contributed by atoms with van der Waals surface area (Å²) in [5, 5.41) is 10.6. The number of hydrogen-bond donors (Lipinski definition) is 3. The van der Waals surface area contributed by atoms with Crippen LogP contribution in [0.25, 0.3) is 0 Å². The van der Waals surface area contributed by atoms with E-state index < -0.39 is 97.5 Å². The zero-order valence-corrected chi connectivity index (χ0v) is 59.0. The Hall–Kier alpha value is -1.94. The van der Waals surface area contributed by atoms with Crippen LogP contribution in [-0.4, -0.2) is 96.7 Å². The van der Waals surface area contributed by atoms with Gasteiger partial charge >= 0.3 is 39.5 Å². The van der Waals surface area contributed by atoms with E-state index in [4.69, 9.17) is 37.0 Å². The molecule has 17 nitrogen and oxygen atoms in total. The third-order valence-electron chi connectivity index (χ3n) is 16.2. The SMILES string of the molecule is CCCCCCCCCCCC(=O)OC[C@H](COP(=O)(O)OC[C@H](O)COP(=O)(O)OC[C@@H](COC(=O)CCCCCCCCCCCCC(C)CC)OC(=O)CCCCCCCCCCCCCCC(C)C)OC(=O)CCCCCCCCCC(C)C. The molecule has 0 spiro atoms. The average molecular weight is 1300 g/mol. The smallest absolute Gasteiger partial charge is 0.462 e. The van der Waals surface area contributed by atoms with Crippen LogP contribution in [0.4, 0.5) is 0 Å². The molecule has 0 fully saturated rings. The summed E-state index contributed by atoms with van der Waals surface area (Å²) in [7, 11) is -9.90. The topological polar surface area (TPSA) is 237 Å². The lowest BCUT2D eigenvalue weighted by atomic mass is 9.99. The van der Waals surface area contributed by atoms with E-state index in [0.29, 0.717) is 31.6 Å². The quantitative estimate of drug-likeness (QED) is 0.0222. The van der Waals surface area contributed by atoms with Crippen LogP contribution in [-0.2, 0) is 65.4 Å². The third kappa shape index (κ3) is 61.6. The minimum atomic E-state index is -4.95. The maximum absolute atomic E-state index is 13.0. The molecule has 522 valence electrons. The van der Waals surface area contributed by atoms with Crippen molar-refractivity contribution < 1.29 is 80.2 Å². The van der Waals surface area contributed by atoms with Gasteiger partial charge in [-0.15, -0.1) is 0 Å². The highest BCUT2D eigenvalue weighted by atomic mass is 31.2. The molecule has 3 unspecified atom stereocenters. The molecular weight excluding hydrogens is 1160 g/mol. The first-order valence-corrected chi connectivity index (χ1v) is 38.9. The van der Waals surface area contributed by atoms with Gasteiger partial charge in [-0.3, -0.25) is 37.3 Å². The Morgan fingerprint density at radius 1 is 0.330 bits per heavy atom. The molecule has 0 aromatic rings. The molecule has 0 aromatic carbocycles. The summed E-state index contributed by atoms with van der Waals surface area (Å²) >= 11 is 0. The molecule has 88 heavy (non-hydrogen) atoms. The fourth-order valence-corrected chi connectivity index (χ4v) is 11.9. The normalized spacial score (nSPS) is 14.5. The predicted octanol–water partition coefficient (Wildman–Crippen LogP) is 19.5. The molecular formula is C69H134O17P2. The van der Waals surface area contributed by atoms with E-state index in [-0.39, 0.29) is 25.7 Å². The van der Waals surface area contributed by atoms with Crippen molar-refractivity contribution >= 4 is 39.5 Å². The monoisotopic (exact) mass is 1300 g/mol. The number of carbonyl (C=O) groups excluding carboxylic acids is 4. The maximum Gasteiger partial charge on any atom is 0.472 e. The number of unbranched alkanes of at least 4 members (excludes halogenated alkanes) is 34. The fourth-order valence-electron chi connectivity index (χ4n) is 10.3. The first-order valence-electron chi connectivity index (χ1n) is 35.9. The summed E-state index contributed by atoms with van der Waals surface area (Å²) in [5.41, 5.74) is 0. The Bertz CT molecular complexity index is 1730. The number of aliphatic hydroxyl groups excluding tert-OH is 1. The van der Waals surface area contributed by atoms with Gasteiger partial charge < -0.3 is 33.8 Å². The van der Waals surface area contributed by atoms with E-state index >= 15 is 0 Å². The second-order valence-electron chi connectivity index (χ2n) is 26.1. The Morgan fingerprint density at radius 3 is 0.864 bits per heavy atom. The first kappa shape index (κ1) is 86.1. The summed E-state index contributed by atoms with van der Waals surface area (Å²) < 4.78 is 68.2. The van der Waals surface area contributed by atoms with Gasteiger partial charge in [-0.2, -0.15) is 0 Å². The van der Waals surface area contributed by atoms with Gasteiger partial charge in [0.25, 0.3) is 0 Å².